The van der Waals surface area contributed by atoms with Crippen molar-refractivity contribution in [1.82, 2.24) is 0 Å². The molecule has 15 heavy (non-hydrogen) atoms. The van der Waals surface area contributed by atoms with E-state index in [2.05, 4.69) is 4.74 Å². The van der Waals surface area contributed by atoms with Crippen LogP contribution in [0.3, 0.4) is 0 Å². The Kier molecular flexibility index (Phi) is 4.19. The summed E-state index contributed by atoms with van der Waals surface area (Å²) in [6.07, 6.45) is 0. The van der Waals surface area contributed by atoms with Crippen molar-refractivity contribution in [3.63, 3.8) is 0 Å². The number of methoxy groups -OCH3 is 3. The number of benzene rings is 1. The summed E-state index contributed by atoms with van der Waals surface area (Å²) < 4.78 is 15.6. The molecule has 0 bridgehead atoms. The van der Waals surface area contributed by atoms with Gasteiger partial charge in [-0.05, 0) is 34.7 Å². The number of ether oxygens (including phenoxy) is 3. The Balaban J connectivity index is 3.35. The highest BCUT2D eigenvalue weighted by atomic mass is 127. The van der Waals surface area contributed by atoms with E-state index >= 15 is 0 Å². The van der Waals surface area contributed by atoms with Crippen LogP contribution in [0.2, 0.25) is 0 Å². The maximum atomic E-state index is 11.5. The van der Waals surface area contributed by atoms with Crippen molar-refractivity contribution < 1.29 is 19.0 Å². The first-order valence-electron chi connectivity index (χ1n) is 4.14. The third kappa shape index (κ3) is 2.34. The lowest BCUT2D eigenvalue weighted by molar-refractivity contribution is 0.0595. The molecular weight excluding hydrogens is 311 g/mol. The van der Waals surface area contributed by atoms with Crippen LogP contribution >= 0.6 is 22.6 Å². The van der Waals surface area contributed by atoms with E-state index in [-0.39, 0.29) is 0 Å². The minimum atomic E-state index is -0.435. The Bertz CT molecular complexity index is 376. The summed E-state index contributed by atoms with van der Waals surface area (Å²) in [4.78, 5) is 11.5. The van der Waals surface area contributed by atoms with Crippen LogP contribution in [-0.4, -0.2) is 27.3 Å². The molecule has 5 heteroatoms. The summed E-state index contributed by atoms with van der Waals surface area (Å²) in [5.74, 6) is 0.666. The predicted octanol–water partition coefficient (Wildman–Crippen LogP) is 2.09. The van der Waals surface area contributed by atoms with Gasteiger partial charge in [0.1, 0.15) is 17.1 Å². The SMILES string of the molecule is COC(=O)c1c(OC)ccc(OC)c1I. The first-order valence-corrected chi connectivity index (χ1v) is 5.22. The second-order valence-electron chi connectivity index (χ2n) is 2.65. The van der Waals surface area contributed by atoms with E-state index in [1.165, 1.54) is 14.2 Å². The summed E-state index contributed by atoms with van der Waals surface area (Å²) in [6, 6.07) is 3.42. The summed E-state index contributed by atoms with van der Waals surface area (Å²) in [5, 5.41) is 0. The molecule has 1 aromatic rings. The minimum absolute atomic E-state index is 0.389. The van der Waals surface area contributed by atoms with Gasteiger partial charge in [0.25, 0.3) is 0 Å². The fraction of sp³-hybridized carbons (Fsp3) is 0.300. The van der Waals surface area contributed by atoms with E-state index in [1.807, 2.05) is 22.6 Å². The van der Waals surface area contributed by atoms with Crippen molar-refractivity contribution in [3.05, 3.63) is 21.3 Å². The van der Waals surface area contributed by atoms with E-state index in [4.69, 9.17) is 9.47 Å². The molecule has 0 saturated carbocycles. The number of hydrogen-bond acceptors (Lipinski definition) is 4. The van der Waals surface area contributed by atoms with Crippen LogP contribution in [0.4, 0.5) is 0 Å². The zero-order chi connectivity index (χ0) is 11.4. The molecular formula is C10H11IO4. The van der Waals surface area contributed by atoms with Gasteiger partial charge < -0.3 is 14.2 Å². The van der Waals surface area contributed by atoms with Crippen LogP contribution in [0.1, 0.15) is 10.4 Å². The van der Waals surface area contributed by atoms with Gasteiger partial charge in [-0.1, -0.05) is 0 Å². The van der Waals surface area contributed by atoms with E-state index in [9.17, 15) is 4.79 Å². The molecule has 0 heterocycles. The zero-order valence-electron chi connectivity index (χ0n) is 8.67. The van der Waals surface area contributed by atoms with E-state index in [1.54, 1.807) is 19.2 Å². The topological polar surface area (TPSA) is 44.8 Å². The fourth-order valence-corrected chi connectivity index (χ4v) is 2.05. The van der Waals surface area contributed by atoms with Crippen molar-refractivity contribution >= 4 is 28.6 Å². The summed E-state index contributed by atoms with van der Waals surface area (Å²) >= 11 is 2.02. The molecule has 4 nitrogen and oxygen atoms in total. The molecule has 1 rings (SSSR count). The Hall–Kier alpha value is -0.980. The summed E-state index contributed by atoms with van der Waals surface area (Å²) in [7, 11) is 4.38. The van der Waals surface area contributed by atoms with Crippen LogP contribution < -0.4 is 9.47 Å². The third-order valence-corrected chi connectivity index (χ3v) is 2.97. The minimum Gasteiger partial charge on any atom is -0.496 e. The number of halogens is 1. The molecule has 0 aliphatic rings. The van der Waals surface area contributed by atoms with Crippen molar-refractivity contribution in [1.29, 1.82) is 0 Å². The highest BCUT2D eigenvalue weighted by molar-refractivity contribution is 14.1. The summed E-state index contributed by atoms with van der Waals surface area (Å²) in [6.45, 7) is 0. The van der Waals surface area contributed by atoms with Crippen LogP contribution in [0.15, 0.2) is 12.1 Å². The largest absolute Gasteiger partial charge is 0.496 e. The van der Waals surface area contributed by atoms with Gasteiger partial charge in [-0.3, -0.25) is 0 Å². The molecule has 0 atom stereocenters. The van der Waals surface area contributed by atoms with Crippen molar-refractivity contribution in [2.24, 2.45) is 0 Å². The van der Waals surface area contributed by atoms with Crippen molar-refractivity contribution in [2.45, 2.75) is 0 Å². The van der Waals surface area contributed by atoms with Crippen LogP contribution in [0, 0.1) is 3.57 Å². The lowest BCUT2D eigenvalue weighted by atomic mass is 10.2. The Labute approximate surface area is 102 Å². The molecule has 0 saturated heterocycles. The molecule has 0 N–H and O–H groups in total. The standard InChI is InChI=1S/C10H11IO4/c1-13-6-4-5-7(14-2)9(11)8(6)10(12)15-3/h4-5H,1-3H3. The molecule has 0 amide bonds. The zero-order valence-corrected chi connectivity index (χ0v) is 10.8. The van der Waals surface area contributed by atoms with Gasteiger partial charge >= 0.3 is 5.97 Å². The van der Waals surface area contributed by atoms with E-state index < -0.39 is 5.97 Å². The highest BCUT2D eigenvalue weighted by Crippen LogP contribution is 2.31. The lowest BCUT2D eigenvalue weighted by Crippen LogP contribution is -2.07. The molecule has 1 aromatic carbocycles. The van der Waals surface area contributed by atoms with Crippen molar-refractivity contribution in [3.8, 4) is 11.5 Å². The van der Waals surface area contributed by atoms with Gasteiger partial charge in [-0.25, -0.2) is 4.79 Å². The van der Waals surface area contributed by atoms with Crippen LogP contribution in [0.5, 0.6) is 11.5 Å². The van der Waals surface area contributed by atoms with E-state index in [0.29, 0.717) is 20.6 Å². The number of rotatable bonds is 3. The molecule has 0 aliphatic carbocycles. The molecule has 82 valence electrons. The quantitative estimate of drug-likeness (QED) is 0.631. The number of carbonyl (C=O) groups excluding carboxylic acids is 1. The van der Waals surface area contributed by atoms with Crippen LogP contribution in [-0.2, 0) is 4.74 Å². The average Bonchev–Trinajstić information content (AvgIpc) is 2.27. The highest BCUT2D eigenvalue weighted by Gasteiger charge is 2.19. The van der Waals surface area contributed by atoms with Gasteiger partial charge in [-0.15, -0.1) is 0 Å². The Morgan fingerprint density at radius 2 is 1.67 bits per heavy atom. The number of esters is 1. The molecule has 0 unspecified atom stereocenters. The molecule has 0 fully saturated rings. The molecule has 0 aromatic heterocycles. The maximum Gasteiger partial charge on any atom is 0.342 e. The van der Waals surface area contributed by atoms with Crippen molar-refractivity contribution in [2.75, 3.05) is 21.3 Å². The molecule has 0 spiro atoms. The smallest absolute Gasteiger partial charge is 0.342 e. The third-order valence-electron chi connectivity index (χ3n) is 1.90. The molecule has 0 aliphatic heterocycles. The second kappa shape index (κ2) is 5.20. The van der Waals surface area contributed by atoms with E-state index in [0.717, 1.165) is 0 Å². The first-order chi connectivity index (χ1) is 7.15. The lowest BCUT2D eigenvalue weighted by Gasteiger charge is -2.11. The van der Waals surface area contributed by atoms with Gasteiger partial charge in [0.15, 0.2) is 0 Å². The van der Waals surface area contributed by atoms with Gasteiger partial charge in [0, 0.05) is 0 Å². The summed E-state index contributed by atoms with van der Waals surface area (Å²) in [5.41, 5.74) is 0.389. The number of hydrogen-bond donors (Lipinski definition) is 0. The maximum absolute atomic E-state index is 11.5. The van der Waals surface area contributed by atoms with Gasteiger partial charge in [0.2, 0.25) is 0 Å². The molecule has 0 radical (unpaired) electrons. The monoisotopic (exact) mass is 322 g/mol. The predicted molar refractivity (Wildman–Crippen MR) is 63.6 cm³/mol. The Morgan fingerprint density at radius 3 is 2.13 bits per heavy atom. The first kappa shape index (κ1) is 12.1. The average molecular weight is 322 g/mol. The number of carbonyl (C=O) groups is 1. The van der Waals surface area contributed by atoms with Gasteiger partial charge in [-0.2, -0.15) is 0 Å². The normalized spacial score (nSPS) is 9.60. The van der Waals surface area contributed by atoms with Gasteiger partial charge in [0.05, 0.1) is 24.9 Å². The fourth-order valence-electron chi connectivity index (χ4n) is 1.16. The Morgan fingerprint density at radius 1 is 1.13 bits per heavy atom. The van der Waals surface area contributed by atoms with Crippen LogP contribution in [0.25, 0.3) is 0 Å². The second-order valence-corrected chi connectivity index (χ2v) is 3.73.